The number of pyridine rings is 1. The zero-order valence-corrected chi connectivity index (χ0v) is 16.5. The first-order valence-corrected chi connectivity index (χ1v) is 10.2. The molecule has 0 bridgehead atoms. The average molecular weight is 395 g/mol. The number of benzene rings is 2. The maximum atomic E-state index is 13.3. The Bertz CT molecular complexity index is 1070. The lowest BCUT2D eigenvalue weighted by Crippen LogP contribution is -2.38. The number of sulfonamides is 1. The van der Waals surface area contributed by atoms with Crippen LogP contribution < -0.4 is 9.62 Å². The summed E-state index contributed by atoms with van der Waals surface area (Å²) in [4.78, 5) is 16.8. The van der Waals surface area contributed by atoms with Crippen LogP contribution in [-0.4, -0.2) is 25.9 Å². The first-order chi connectivity index (χ1) is 13.4. The van der Waals surface area contributed by atoms with Crippen molar-refractivity contribution in [2.24, 2.45) is 0 Å². The summed E-state index contributed by atoms with van der Waals surface area (Å²) in [5, 5.41) is 2.64. The fourth-order valence-corrected chi connectivity index (χ4v) is 4.22. The minimum absolute atomic E-state index is 0.131. The van der Waals surface area contributed by atoms with E-state index in [0.717, 1.165) is 15.4 Å². The van der Waals surface area contributed by atoms with Crippen LogP contribution in [0.25, 0.3) is 0 Å². The van der Waals surface area contributed by atoms with E-state index in [2.05, 4.69) is 10.3 Å². The summed E-state index contributed by atoms with van der Waals surface area (Å²) >= 11 is 0. The third kappa shape index (κ3) is 4.37. The Morgan fingerprint density at radius 3 is 2.29 bits per heavy atom. The van der Waals surface area contributed by atoms with Gasteiger partial charge in [-0.25, -0.2) is 13.4 Å². The van der Waals surface area contributed by atoms with Gasteiger partial charge in [0.1, 0.15) is 12.4 Å². The Hall–Kier alpha value is -3.19. The molecule has 1 N–H and O–H groups in total. The minimum atomic E-state index is -3.93. The molecule has 0 spiro atoms. The van der Waals surface area contributed by atoms with Gasteiger partial charge >= 0.3 is 0 Å². The molecule has 0 radical (unpaired) electrons. The Kier molecular flexibility index (Phi) is 5.75. The topological polar surface area (TPSA) is 79.4 Å². The highest BCUT2D eigenvalue weighted by molar-refractivity contribution is 7.92. The number of hydrogen-bond acceptors (Lipinski definition) is 4. The Balaban J connectivity index is 1.97. The molecule has 0 fully saturated rings. The standard InChI is InChI=1S/C21H21N3O3S/c1-16-10-12-18(13-11-16)28(26,27)24(19-8-4-3-7-17(19)2)15-21(25)23-20-9-5-6-14-22-20/h3-14H,15H2,1-2H3,(H,22,23,25). The van der Waals surface area contributed by atoms with E-state index in [1.807, 2.05) is 26.0 Å². The summed E-state index contributed by atoms with van der Waals surface area (Å²) in [6.45, 7) is 3.33. The van der Waals surface area contributed by atoms with Crippen molar-refractivity contribution < 1.29 is 13.2 Å². The number of amides is 1. The van der Waals surface area contributed by atoms with Gasteiger partial charge in [0.15, 0.2) is 0 Å². The zero-order chi connectivity index (χ0) is 20.1. The largest absolute Gasteiger partial charge is 0.309 e. The number of aromatic nitrogens is 1. The molecule has 7 heteroatoms. The van der Waals surface area contributed by atoms with Crippen LogP contribution in [0.2, 0.25) is 0 Å². The fourth-order valence-electron chi connectivity index (χ4n) is 2.73. The van der Waals surface area contributed by atoms with Crippen molar-refractivity contribution in [3.8, 4) is 0 Å². The number of carbonyl (C=O) groups excluding carboxylic acids is 1. The van der Waals surface area contributed by atoms with Crippen LogP contribution in [0.3, 0.4) is 0 Å². The highest BCUT2D eigenvalue weighted by atomic mass is 32.2. The SMILES string of the molecule is Cc1ccc(S(=O)(=O)N(CC(=O)Nc2ccccn2)c2ccccc2C)cc1. The van der Waals surface area contributed by atoms with Crippen LogP contribution >= 0.6 is 0 Å². The van der Waals surface area contributed by atoms with E-state index in [1.54, 1.807) is 60.8 Å². The highest BCUT2D eigenvalue weighted by Gasteiger charge is 2.28. The van der Waals surface area contributed by atoms with Gasteiger partial charge in [0, 0.05) is 6.20 Å². The smallest absolute Gasteiger partial charge is 0.264 e. The average Bonchev–Trinajstić information content (AvgIpc) is 2.68. The van der Waals surface area contributed by atoms with E-state index >= 15 is 0 Å². The van der Waals surface area contributed by atoms with E-state index in [4.69, 9.17) is 0 Å². The van der Waals surface area contributed by atoms with Gasteiger partial charge in [-0.1, -0.05) is 42.0 Å². The van der Waals surface area contributed by atoms with Crippen LogP contribution in [0.15, 0.2) is 77.8 Å². The second kappa shape index (κ2) is 8.22. The summed E-state index contributed by atoms with van der Waals surface area (Å²) < 4.78 is 27.8. The van der Waals surface area contributed by atoms with Crippen LogP contribution in [0, 0.1) is 13.8 Å². The molecule has 6 nitrogen and oxygen atoms in total. The van der Waals surface area contributed by atoms with Crippen molar-refractivity contribution in [1.29, 1.82) is 0 Å². The van der Waals surface area contributed by atoms with Crippen molar-refractivity contribution in [1.82, 2.24) is 4.98 Å². The van der Waals surface area contributed by atoms with Gasteiger partial charge in [-0.05, 0) is 49.7 Å². The lowest BCUT2D eigenvalue weighted by molar-refractivity contribution is -0.114. The third-order valence-corrected chi connectivity index (χ3v) is 5.99. The van der Waals surface area contributed by atoms with Gasteiger partial charge in [0.05, 0.1) is 10.6 Å². The molecule has 28 heavy (non-hydrogen) atoms. The van der Waals surface area contributed by atoms with Crippen molar-refractivity contribution in [2.45, 2.75) is 18.7 Å². The van der Waals surface area contributed by atoms with Crippen LogP contribution in [0.5, 0.6) is 0 Å². The van der Waals surface area contributed by atoms with Crippen molar-refractivity contribution in [2.75, 3.05) is 16.2 Å². The second-order valence-corrected chi connectivity index (χ2v) is 8.24. The Morgan fingerprint density at radius 1 is 0.964 bits per heavy atom. The van der Waals surface area contributed by atoms with Crippen molar-refractivity contribution >= 4 is 27.4 Å². The van der Waals surface area contributed by atoms with E-state index in [0.29, 0.717) is 11.5 Å². The second-order valence-electron chi connectivity index (χ2n) is 6.37. The van der Waals surface area contributed by atoms with E-state index in [1.165, 1.54) is 0 Å². The van der Waals surface area contributed by atoms with Crippen LogP contribution in [0.4, 0.5) is 11.5 Å². The number of rotatable bonds is 6. The van der Waals surface area contributed by atoms with Crippen LogP contribution in [0.1, 0.15) is 11.1 Å². The van der Waals surface area contributed by atoms with Gasteiger partial charge in [-0.2, -0.15) is 0 Å². The molecule has 0 saturated heterocycles. The molecule has 0 aliphatic rings. The summed E-state index contributed by atoms with van der Waals surface area (Å²) in [5.74, 6) is -0.109. The summed E-state index contributed by atoms with van der Waals surface area (Å²) in [6.07, 6.45) is 1.55. The lowest BCUT2D eigenvalue weighted by atomic mass is 10.2. The molecule has 1 heterocycles. The first-order valence-electron chi connectivity index (χ1n) is 8.74. The molecule has 3 aromatic rings. The quantitative estimate of drug-likeness (QED) is 0.692. The molecular formula is C21H21N3O3S. The van der Waals surface area contributed by atoms with E-state index in [-0.39, 0.29) is 11.4 Å². The zero-order valence-electron chi connectivity index (χ0n) is 15.7. The fraction of sp³-hybridized carbons (Fsp3) is 0.143. The summed E-state index contributed by atoms with van der Waals surface area (Å²) in [5.41, 5.74) is 2.16. The first kappa shape index (κ1) is 19.6. The molecular weight excluding hydrogens is 374 g/mol. The normalized spacial score (nSPS) is 11.1. The molecule has 0 atom stereocenters. The van der Waals surface area contributed by atoms with Gasteiger partial charge in [0.25, 0.3) is 10.0 Å². The molecule has 3 rings (SSSR count). The number of nitrogens with one attached hydrogen (secondary N) is 1. The molecule has 144 valence electrons. The third-order valence-electron chi connectivity index (χ3n) is 4.21. The van der Waals surface area contributed by atoms with Gasteiger partial charge in [0.2, 0.25) is 5.91 Å². The molecule has 0 aliphatic heterocycles. The molecule has 0 saturated carbocycles. The number of para-hydroxylation sites is 1. The summed E-state index contributed by atoms with van der Waals surface area (Å²) in [6, 6.07) is 18.7. The van der Waals surface area contributed by atoms with Gasteiger partial charge in [-0.15, -0.1) is 0 Å². The summed E-state index contributed by atoms with van der Waals surface area (Å²) in [7, 11) is -3.93. The lowest BCUT2D eigenvalue weighted by Gasteiger charge is -2.25. The van der Waals surface area contributed by atoms with Gasteiger partial charge < -0.3 is 5.32 Å². The Morgan fingerprint density at radius 2 is 1.64 bits per heavy atom. The number of nitrogens with zero attached hydrogens (tertiary/aromatic N) is 2. The number of aryl methyl sites for hydroxylation is 2. The maximum absolute atomic E-state index is 13.3. The molecule has 1 aromatic heterocycles. The number of carbonyl (C=O) groups is 1. The monoisotopic (exact) mass is 395 g/mol. The van der Waals surface area contributed by atoms with Gasteiger partial charge in [-0.3, -0.25) is 9.10 Å². The van der Waals surface area contributed by atoms with Crippen molar-refractivity contribution in [3.05, 3.63) is 84.1 Å². The minimum Gasteiger partial charge on any atom is -0.309 e. The molecule has 1 amide bonds. The predicted octanol–water partition coefficient (Wildman–Crippen LogP) is 3.53. The Labute approximate surface area is 164 Å². The predicted molar refractivity (Wildman–Crippen MR) is 110 cm³/mol. The maximum Gasteiger partial charge on any atom is 0.264 e. The van der Waals surface area contributed by atoms with Crippen molar-refractivity contribution in [3.63, 3.8) is 0 Å². The van der Waals surface area contributed by atoms with Crippen LogP contribution in [-0.2, 0) is 14.8 Å². The number of anilines is 2. The number of hydrogen-bond donors (Lipinski definition) is 1. The molecule has 2 aromatic carbocycles. The molecule has 0 unspecified atom stereocenters. The molecule has 0 aliphatic carbocycles. The van der Waals surface area contributed by atoms with E-state index < -0.39 is 15.9 Å². The van der Waals surface area contributed by atoms with E-state index in [9.17, 15) is 13.2 Å². The highest BCUT2D eigenvalue weighted by Crippen LogP contribution is 2.26.